The number of hydrogen-bond acceptors (Lipinski definition) is 5. The fourth-order valence-corrected chi connectivity index (χ4v) is 1.47. The van der Waals surface area contributed by atoms with Crippen molar-refractivity contribution in [3.63, 3.8) is 0 Å². The molecule has 0 saturated carbocycles. The van der Waals surface area contributed by atoms with Gasteiger partial charge in [0.05, 0.1) is 0 Å². The molecule has 1 rings (SSSR count). The number of ether oxygens (including phenoxy) is 1. The van der Waals surface area contributed by atoms with Crippen LogP contribution in [0.15, 0.2) is 18.2 Å². The SMILES string of the molecule is CC(C)(C)OC(=O)NC(C(=O)O)c1ccc(O)cc1O. The van der Waals surface area contributed by atoms with E-state index in [-0.39, 0.29) is 11.3 Å². The van der Waals surface area contributed by atoms with Crippen molar-refractivity contribution in [3.8, 4) is 11.5 Å². The first-order valence-electron chi connectivity index (χ1n) is 5.84. The number of hydrogen-bond donors (Lipinski definition) is 4. The zero-order chi connectivity index (χ0) is 15.5. The fraction of sp³-hybridized carbons (Fsp3) is 0.385. The molecule has 1 amide bonds. The number of carbonyl (C=O) groups is 2. The van der Waals surface area contributed by atoms with Crippen LogP contribution in [0.25, 0.3) is 0 Å². The summed E-state index contributed by atoms with van der Waals surface area (Å²) in [5.74, 6) is -2.02. The first-order valence-corrected chi connectivity index (χ1v) is 5.84. The molecule has 0 aliphatic heterocycles. The van der Waals surface area contributed by atoms with Gasteiger partial charge in [-0.05, 0) is 32.9 Å². The van der Waals surface area contributed by atoms with Gasteiger partial charge in [0, 0.05) is 11.6 Å². The molecule has 0 aromatic heterocycles. The van der Waals surface area contributed by atoms with Crippen molar-refractivity contribution >= 4 is 12.1 Å². The van der Waals surface area contributed by atoms with E-state index in [0.717, 1.165) is 6.07 Å². The lowest BCUT2D eigenvalue weighted by Crippen LogP contribution is -2.38. The molecule has 0 spiro atoms. The van der Waals surface area contributed by atoms with Crippen LogP contribution in [0.4, 0.5) is 4.79 Å². The molecule has 0 fully saturated rings. The summed E-state index contributed by atoms with van der Waals surface area (Å²) in [5, 5.41) is 30.1. The standard InChI is InChI=1S/C13H17NO6/c1-13(2,3)20-12(19)14-10(11(17)18)8-5-4-7(15)6-9(8)16/h4-6,10,15-16H,1-3H3,(H,14,19)(H,17,18). The molecule has 1 unspecified atom stereocenters. The number of carbonyl (C=O) groups excluding carboxylic acids is 1. The van der Waals surface area contributed by atoms with E-state index >= 15 is 0 Å². The van der Waals surface area contributed by atoms with E-state index in [4.69, 9.17) is 9.84 Å². The third-order valence-corrected chi connectivity index (χ3v) is 2.23. The molecule has 7 heteroatoms. The van der Waals surface area contributed by atoms with Gasteiger partial charge in [0.15, 0.2) is 6.04 Å². The molecule has 0 bridgehead atoms. The van der Waals surface area contributed by atoms with Crippen LogP contribution in [-0.4, -0.2) is 33.0 Å². The molecule has 0 heterocycles. The minimum Gasteiger partial charge on any atom is -0.508 e. The molecule has 1 aromatic carbocycles. The van der Waals surface area contributed by atoms with Crippen molar-refractivity contribution in [2.45, 2.75) is 32.4 Å². The molecule has 0 saturated heterocycles. The first-order chi connectivity index (χ1) is 9.10. The highest BCUT2D eigenvalue weighted by Gasteiger charge is 2.27. The predicted molar refractivity (Wildman–Crippen MR) is 69.5 cm³/mol. The van der Waals surface area contributed by atoms with Gasteiger partial charge in [-0.3, -0.25) is 0 Å². The molecule has 4 N–H and O–H groups in total. The Labute approximate surface area is 115 Å². The molecule has 0 aliphatic carbocycles. The number of phenols is 2. The number of carboxylic acid groups (broad SMARTS) is 1. The van der Waals surface area contributed by atoms with Crippen LogP contribution in [0, 0.1) is 0 Å². The molecule has 1 aromatic rings. The molecule has 20 heavy (non-hydrogen) atoms. The average molecular weight is 283 g/mol. The van der Waals surface area contributed by atoms with Crippen LogP contribution in [-0.2, 0) is 9.53 Å². The lowest BCUT2D eigenvalue weighted by Gasteiger charge is -2.22. The summed E-state index contributed by atoms with van der Waals surface area (Å²) in [7, 11) is 0. The molecule has 110 valence electrons. The molecule has 0 radical (unpaired) electrons. The Hall–Kier alpha value is -2.44. The van der Waals surface area contributed by atoms with E-state index in [2.05, 4.69) is 5.32 Å². The average Bonchev–Trinajstić information content (AvgIpc) is 2.23. The topological polar surface area (TPSA) is 116 Å². The van der Waals surface area contributed by atoms with Gasteiger partial charge in [0.2, 0.25) is 0 Å². The fourth-order valence-electron chi connectivity index (χ4n) is 1.47. The number of aliphatic carboxylic acids is 1. The number of carboxylic acids is 1. The van der Waals surface area contributed by atoms with E-state index in [0.29, 0.717) is 0 Å². The van der Waals surface area contributed by atoms with Crippen molar-refractivity contribution in [1.29, 1.82) is 0 Å². The Morgan fingerprint density at radius 2 is 1.85 bits per heavy atom. The van der Waals surface area contributed by atoms with Crippen molar-refractivity contribution < 1.29 is 29.6 Å². The number of amides is 1. The highest BCUT2D eigenvalue weighted by atomic mass is 16.6. The molecular formula is C13H17NO6. The Morgan fingerprint density at radius 3 is 2.30 bits per heavy atom. The lowest BCUT2D eigenvalue weighted by molar-refractivity contribution is -0.139. The predicted octanol–water partition coefficient (Wildman–Crippen LogP) is 1.75. The van der Waals surface area contributed by atoms with E-state index in [9.17, 15) is 19.8 Å². The summed E-state index contributed by atoms with van der Waals surface area (Å²) in [6.45, 7) is 4.92. The van der Waals surface area contributed by atoms with Crippen molar-refractivity contribution in [1.82, 2.24) is 5.32 Å². The zero-order valence-corrected chi connectivity index (χ0v) is 11.4. The van der Waals surface area contributed by atoms with E-state index in [1.165, 1.54) is 12.1 Å². The summed E-state index contributed by atoms with van der Waals surface area (Å²) in [6.07, 6.45) is -0.919. The highest BCUT2D eigenvalue weighted by Crippen LogP contribution is 2.28. The van der Waals surface area contributed by atoms with E-state index < -0.39 is 29.5 Å². The summed E-state index contributed by atoms with van der Waals surface area (Å²) in [5.41, 5.74) is -0.828. The summed E-state index contributed by atoms with van der Waals surface area (Å²) in [6, 6.07) is 1.93. The quantitative estimate of drug-likeness (QED) is 0.671. The Morgan fingerprint density at radius 1 is 1.25 bits per heavy atom. The molecule has 0 aliphatic rings. The number of phenolic OH excluding ortho intramolecular Hbond substituents is 2. The van der Waals surface area contributed by atoms with Crippen LogP contribution in [0.5, 0.6) is 11.5 Å². The zero-order valence-electron chi connectivity index (χ0n) is 11.4. The van der Waals surface area contributed by atoms with E-state index in [1.54, 1.807) is 20.8 Å². The normalized spacial score (nSPS) is 12.6. The number of alkyl carbamates (subject to hydrolysis) is 1. The van der Waals surface area contributed by atoms with Gasteiger partial charge in [-0.2, -0.15) is 0 Å². The summed E-state index contributed by atoms with van der Waals surface area (Å²) < 4.78 is 4.96. The second kappa shape index (κ2) is 5.68. The minimum absolute atomic E-state index is 0.0545. The maximum absolute atomic E-state index is 11.6. The Bertz CT molecular complexity index is 520. The smallest absolute Gasteiger partial charge is 0.408 e. The van der Waals surface area contributed by atoms with Gasteiger partial charge >= 0.3 is 12.1 Å². The number of rotatable bonds is 3. The second-order valence-corrected chi connectivity index (χ2v) is 5.16. The summed E-state index contributed by atoms with van der Waals surface area (Å²) in [4.78, 5) is 22.8. The molecule has 7 nitrogen and oxygen atoms in total. The van der Waals surface area contributed by atoms with Crippen molar-refractivity contribution in [2.24, 2.45) is 0 Å². The number of aromatic hydroxyl groups is 2. The van der Waals surface area contributed by atoms with Gasteiger partial charge in [0.1, 0.15) is 17.1 Å². The van der Waals surface area contributed by atoms with Crippen molar-refractivity contribution in [2.75, 3.05) is 0 Å². The van der Waals surface area contributed by atoms with Crippen LogP contribution in [0.1, 0.15) is 32.4 Å². The minimum atomic E-state index is -1.48. The van der Waals surface area contributed by atoms with Gasteiger partial charge in [0.25, 0.3) is 0 Å². The molecular weight excluding hydrogens is 266 g/mol. The van der Waals surface area contributed by atoms with Gasteiger partial charge in [-0.1, -0.05) is 0 Å². The van der Waals surface area contributed by atoms with E-state index in [1.807, 2.05) is 0 Å². The first kappa shape index (κ1) is 15.6. The largest absolute Gasteiger partial charge is 0.508 e. The number of nitrogens with one attached hydrogen (secondary N) is 1. The maximum atomic E-state index is 11.6. The van der Waals surface area contributed by atoms with Crippen LogP contribution in [0.3, 0.4) is 0 Å². The monoisotopic (exact) mass is 283 g/mol. The van der Waals surface area contributed by atoms with Gasteiger partial charge in [-0.25, -0.2) is 9.59 Å². The lowest BCUT2D eigenvalue weighted by atomic mass is 10.1. The third kappa shape index (κ3) is 4.34. The number of benzene rings is 1. The van der Waals surface area contributed by atoms with Crippen LogP contribution >= 0.6 is 0 Å². The third-order valence-electron chi connectivity index (χ3n) is 2.23. The maximum Gasteiger partial charge on any atom is 0.408 e. The van der Waals surface area contributed by atoms with Crippen molar-refractivity contribution in [3.05, 3.63) is 23.8 Å². The van der Waals surface area contributed by atoms with Gasteiger partial charge < -0.3 is 25.4 Å². The summed E-state index contributed by atoms with van der Waals surface area (Å²) >= 11 is 0. The second-order valence-electron chi connectivity index (χ2n) is 5.16. The van der Waals surface area contributed by atoms with Crippen LogP contribution < -0.4 is 5.32 Å². The Kier molecular flexibility index (Phi) is 4.44. The van der Waals surface area contributed by atoms with Crippen LogP contribution in [0.2, 0.25) is 0 Å². The van der Waals surface area contributed by atoms with Gasteiger partial charge in [-0.15, -0.1) is 0 Å². The highest BCUT2D eigenvalue weighted by molar-refractivity contribution is 5.82. The molecule has 1 atom stereocenters. The Balaban J connectivity index is 2.96.